The number of aliphatic hydroxyl groups excluding tert-OH is 1. The van der Waals surface area contributed by atoms with E-state index < -0.39 is 15.9 Å². The second-order valence-corrected chi connectivity index (χ2v) is 7.99. The molecule has 0 saturated heterocycles. The van der Waals surface area contributed by atoms with Gasteiger partial charge in [-0.05, 0) is 24.7 Å². The summed E-state index contributed by atoms with van der Waals surface area (Å²) in [4.78, 5) is 0.207. The summed E-state index contributed by atoms with van der Waals surface area (Å²) in [5.74, 6) is 0. The molecule has 0 bridgehead atoms. The van der Waals surface area contributed by atoms with Gasteiger partial charge in [0.25, 0.3) is 0 Å². The molecule has 0 spiro atoms. The van der Waals surface area contributed by atoms with E-state index in [0.717, 1.165) is 25.5 Å². The van der Waals surface area contributed by atoms with Gasteiger partial charge in [-0.1, -0.05) is 13.8 Å². The van der Waals surface area contributed by atoms with Crippen molar-refractivity contribution < 1.29 is 13.5 Å². The summed E-state index contributed by atoms with van der Waals surface area (Å²) in [6.45, 7) is 4.32. The van der Waals surface area contributed by atoms with Crippen LogP contribution < -0.4 is 0 Å². The van der Waals surface area contributed by atoms with Gasteiger partial charge in [0.15, 0.2) is 9.84 Å². The molecule has 1 heterocycles. The second kappa shape index (κ2) is 4.35. The topological polar surface area (TPSA) is 72.2 Å². The highest BCUT2D eigenvalue weighted by Crippen LogP contribution is 2.40. The zero-order chi connectivity index (χ0) is 13.6. The van der Waals surface area contributed by atoms with E-state index in [1.165, 1.54) is 12.4 Å². The van der Waals surface area contributed by atoms with Crippen molar-refractivity contribution in [1.29, 1.82) is 0 Å². The van der Waals surface area contributed by atoms with Gasteiger partial charge in [0, 0.05) is 12.5 Å². The molecule has 0 aromatic carbocycles. The molecule has 2 atom stereocenters. The maximum atomic E-state index is 11.4. The van der Waals surface area contributed by atoms with Crippen LogP contribution in [0.5, 0.6) is 0 Å². The lowest BCUT2D eigenvalue weighted by atomic mass is 9.74. The second-order valence-electron chi connectivity index (χ2n) is 5.97. The third-order valence-corrected chi connectivity index (χ3v) is 4.74. The first-order valence-corrected chi connectivity index (χ1v) is 8.00. The van der Waals surface area contributed by atoms with Gasteiger partial charge in [0.05, 0.1) is 18.3 Å². The standard InChI is InChI=1S/C12H20N2O3S/c1-12(2)5-4-11(15)10(6-12)14-8-9(7-13-14)18(3,16)17/h7-8,10-11,15H,4-6H2,1-3H3. The van der Waals surface area contributed by atoms with E-state index in [4.69, 9.17) is 0 Å². The molecule has 18 heavy (non-hydrogen) atoms. The predicted octanol–water partition coefficient (Wildman–Crippen LogP) is 1.40. The van der Waals surface area contributed by atoms with Crippen molar-refractivity contribution in [3.05, 3.63) is 12.4 Å². The normalized spacial score (nSPS) is 28.2. The van der Waals surface area contributed by atoms with Crippen molar-refractivity contribution in [2.24, 2.45) is 5.41 Å². The van der Waals surface area contributed by atoms with E-state index in [-0.39, 0.29) is 16.4 Å². The Balaban J connectivity index is 2.28. The first-order chi connectivity index (χ1) is 8.19. The molecule has 0 radical (unpaired) electrons. The molecule has 1 aliphatic rings. The van der Waals surface area contributed by atoms with Crippen molar-refractivity contribution in [3.8, 4) is 0 Å². The van der Waals surface area contributed by atoms with Gasteiger partial charge in [0.2, 0.25) is 0 Å². The molecule has 1 N–H and O–H groups in total. The average Bonchev–Trinajstić information content (AvgIpc) is 2.70. The minimum atomic E-state index is -3.23. The lowest BCUT2D eigenvalue weighted by Gasteiger charge is -2.38. The highest BCUT2D eigenvalue weighted by Gasteiger charge is 2.35. The Morgan fingerprint density at radius 1 is 1.50 bits per heavy atom. The van der Waals surface area contributed by atoms with Crippen LogP contribution in [-0.2, 0) is 9.84 Å². The predicted molar refractivity (Wildman–Crippen MR) is 68.0 cm³/mol. The van der Waals surface area contributed by atoms with Gasteiger partial charge >= 0.3 is 0 Å². The number of rotatable bonds is 2. The minimum absolute atomic E-state index is 0.135. The molecule has 6 heteroatoms. The van der Waals surface area contributed by atoms with Crippen LogP contribution in [0.15, 0.2) is 17.3 Å². The van der Waals surface area contributed by atoms with Gasteiger partial charge in [-0.15, -0.1) is 0 Å². The molecule has 1 saturated carbocycles. The molecular formula is C12H20N2O3S. The summed E-state index contributed by atoms with van der Waals surface area (Å²) < 4.78 is 24.4. The zero-order valence-corrected chi connectivity index (χ0v) is 11.8. The van der Waals surface area contributed by atoms with Crippen LogP contribution in [0.4, 0.5) is 0 Å². The Hall–Kier alpha value is -0.880. The summed E-state index contributed by atoms with van der Waals surface area (Å²) in [5, 5.41) is 14.2. The average molecular weight is 272 g/mol. The number of aliphatic hydroxyl groups is 1. The van der Waals surface area contributed by atoms with Crippen LogP contribution in [0.25, 0.3) is 0 Å². The highest BCUT2D eigenvalue weighted by molar-refractivity contribution is 7.90. The van der Waals surface area contributed by atoms with Crippen molar-refractivity contribution in [2.75, 3.05) is 6.26 Å². The van der Waals surface area contributed by atoms with Crippen molar-refractivity contribution in [2.45, 2.75) is 50.2 Å². The smallest absolute Gasteiger partial charge is 0.178 e. The first kappa shape index (κ1) is 13.5. The third kappa shape index (κ3) is 2.75. The van der Waals surface area contributed by atoms with Gasteiger partial charge in [0.1, 0.15) is 4.90 Å². The Kier molecular flexibility index (Phi) is 3.27. The Bertz CT molecular complexity index is 533. The molecule has 0 aliphatic heterocycles. The Morgan fingerprint density at radius 3 is 2.72 bits per heavy atom. The highest BCUT2D eigenvalue weighted by atomic mass is 32.2. The molecule has 0 amide bonds. The van der Waals surface area contributed by atoms with Crippen molar-refractivity contribution in [3.63, 3.8) is 0 Å². The van der Waals surface area contributed by atoms with Gasteiger partial charge in [-0.3, -0.25) is 4.68 Å². The maximum absolute atomic E-state index is 11.4. The van der Waals surface area contributed by atoms with Crippen molar-refractivity contribution >= 4 is 9.84 Å². The number of aromatic nitrogens is 2. The first-order valence-electron chi connectivity index (χ1n) is 6.11. The molecular weight excluding hydrogens is 252 g/mol. The molecule has 1 fully saturated rings. The Labute approximate surface area is 108 Å². The minimum Gasteiger partial charge on any atom is -0.391 e. The zero-order valence-electron chi connectivity index (χ0n) is 11.0. The van der Waals surface area contributed by atoms with E-state index >= 15 is 0 Å². The third-order valence-electron chi connectivity index (χ3n) is 3.67. The van der Waals surface area contributed by atoms with Crippen LogP contribution in [0, 0.1) is 5.41 Å². The molecule has 2 unspecified atom stereocenters. The maximum Gasteiger partial charge on any atom is 0.178 e. The quantitative estimate of drug-likeness (QED) is 0.883. The number of hydrogen-bond donors (Lipinski definition) is 1. The largest absolute Gasteiger partial charge is 0.391 e. The Morgan fingerprint density at radius 2 is 2.17 bits per heavy atom. The molecule has 2 rings (SSSR count). The fourth-order valence-corrected chi connectivity index (χ4v) is 3.04. The number of nitrogens with zero attached hydrogens (tertiary/aromatic N) is 2. The van der Waals surface area contributed by atoms with Crippen LogP contribution in [0.1, 0.15) is 39.2 Å². The van der Waals surface area contributed by atoms with Gasteiger partial charge < -0.3 is 5.11 Å². The summed E-state index contributed by atoms with van der Waals surface area (Å²) in [6.07, 6.45) is 6.09. The van der Waals surface area contributed by atoms with Crippen LogP contribution >= 0.6 is 0 Å². The molecule has 1 aromatic rings. The van der Waals surface area contributed by atoms with Crippen molar-refractivity contribution in [1.82, 2.24) is 9.78 Å². The van der Waals surface area contributed by atoms with E-state index in [2.05, 4.69) is 18.9 Å². The summed E-state index contributed by atoms with van der Waals surface area (Å²) in [6, 6.07) is -0.135. The van der Waals surface area contributed by atoms with E-state index in [1.807, 2.05) is 0 Å². The molecule has 102 valence electrons. The fraction of sp³-hybridized carbons (Fsp3) is 0.750. The van der Waals surface area contributed by atoms with E-state index in [0.29, 0.717) is 0 Å². The van der Waals surface area contributed by atoms with Gasteiger partial charge in [-0.2, -0.15) is 5.10 Å². The lowest BCUT2D eigenvalue weighted by molar-refractivity contribution is 0.0226. The molecule has 5 nitrogen and oxygen atoms in total. The van der Waals surface area contributed by atoms with E-state index in [9.17, 15) is 13.5 Å². The van der Waals surface area contributed by atoms with Crippen LogP contribution in [0.2, 0.25) is 0 Å². The van der Waals surface area contributed by atoms with Gasteiger partial charge in [-0.25, -0.2) is 8.42 Å². The number of sulfone groups is 1. The summed E-state index contributed by atoms with van der Waals surface area (Å²) in [7, 11) is -3.23. The SMILES string of the molecule is CC1(C)CCC(O)C(n2cc(S(C)(=O)=O)cn2)C1. The fourth-order valence-electron chi connectivity index (χ4n) is 2.50. The summed E-state index contributed by atoms with van der Waals surface area (Å²) >= 11 is 0. The van der Waals surface area contributed by atoms with E-state index in [1.54, 1.807) is 4.68 Å². The monoisotopic (exact) mass is 272 g/mol. The number of hydrogen-bond acceptors (Lipinski definition) is 4. The van der Waals surface area contributed by atoms with Crippen LogP contribution in [0.3, 0.4) is 0 Å². The molecule has 1 aliphatic carbocycles. The van der Waals surface area contributed by atoms with Crippen LogP contribution in [-0.4, -0.2) is 35.7 Å². The molecule has 1 aromatic heterocycles. The lowest BCUT2D eigenvalue weighted by Crippen LogP contribution is -2.35. The summed E-state index contributed by atoms with van der Waals surface area (Å²) in [5.41, 5.74) is 0.154.